The topological polar surface area (TPSA) is 32.8 Å². The fourth-order valence-corrected chi connectivity index (χ4v) is 4.24. The van der Waals surface area contributed by atoms with Crippen LogP contribution in [0.2, 0.25) is 0 Å². The number of unbranched alkanes of at least 4 members (excludes halogenated alkanes) is 1. The molecular formula is C28H30F2N2O2. The summed E-state index contributed by atoms with van der Waals surface area (Å²) in [5, 5.41) is 0. The van der Waals surface area contributed by atoms with Crippen molar-refractivity contribution < 1.29 is 18.3 Å². The molecule has 0 unspecified atom stereocenters. The van der Waals surface area contributed by atoms with E-state index in [1.54, 1.807) is 24.3 Å². The summed E-state index contributed by atoms with van der Waals surface area (Å²) in [6.45, 7) is 4.71. The van der Waals surface area contributed by atoms with Crippen molar-refractivity contribution in [1.82, 2.24) is 9.80 Å². The Morgan fingerprint density at radius 3 is 1.88 bits per heavy atom. The molecule has 0 radical (unpaired) electrons. The molecule has 1 fully saturated rings. The molecule has 1 heterocycles. The molecule has 178 valence electrons. The van der Waals surface area contributed by atoms with Gasteiger partial charge in [-0.25, -0.2) is 8.78 Å². The van der Waals surface area contributed by atoms with Crippen LogP contribution in [-0.2, 0) is 4.74 Å². The van der Waals surface area contributed by atoms with Crippen molar-refractivity contribution in [2.24, 2.45) is 0 Å². The quantitative estimate of drug-likeness (QED) is 0.403. The zero-order chi connectivity index (χ0) is 23.8. The molecule has 1 aliphatic rings. The van der Waals surface area contributed by atoms with Crippen molar-refractivity contribution in [3.63, 3.8) is 0 Å². The first-order chi connectivity index (χ1) is 16.6. The molecule has 4 nitrogen and oxygen atoms in total. The molecule has 0 bridgehead atoms. The van der Waals surface area contributed by atoms with E-state index < -0.39 is 0 Å². The van der Waals surface area contributed by atoms with Gasteiger partial charge in [-0.1, -0.05) is 42.5 Å². The van der Waals surface area contributed by atoms with Gasteiger partial charge in [0.2, 0.25) is 0 Å². The minimum absolute atomic E-state index is 0.0984. The van der Waals surface area contributed by atoms with Crippen LogP contribution in [0, 0.1) is 11.6 Å². The van der Waals surface area contributed by atoms with Crippen molar-refractivity contribution >= 4 is 5.91 Å². The maximum atomic E-state index is 13.4. The number of carbonyl (C=O) groups excluding carboxylic acids is 1. The van der Waals surface area contributed by atoms with Gasteiger partial charge in [0.25, 0.3) is 5.91 Å². The van der Waals surface area contributed by atoms with E-state index in [1.165, 1.54) is 24.3 Å². The lowest BCUT2D eigenvalue weighted by Gasteiger charge is -2.34. The van der Waals surface area contributed by atoms with Gasteiger partial charge in [-0.2, -0.15) is 0 Å². The SMILES string of the molecule is O=C(c1ccccc1)N1CCN(CCCCOC(c2ccc(F)cc2)c2ccc(F)cc2)CC1. The largest absolute Gasteiger partial charge is 0.369 e. The molecule has 0 spiro atoms. The maximum Gasteiger partial charge on any atom is 0.253 e. The molecule has 0 aliphatic carbocycles. The number of nitrogens with zero attached hydrogens (tertiary/aromatic N) is 2. The first-order valence-electron chi connectivity index (χ1n) is 11.8. The molecule has 6 heteroatoms. The van der Waals surface area contributed by atoms with E-state index in [0.29, 0.717) is 6.61 Å². The minimum atomic E-state index is -0.367. The first kappa shape index (κ1) is 24.0. The molecule has 0 saturated carbocycles. The molecule has 1 saturated heterocycles. The number of rotatable bonds is 9. The van der Waals surface area contributed by atoms with Gasteiger partial charge in [0.05, 0.1) is 0 Å². The Bertz CT molecular complexity index is 989. The average molecular weight is 465 g/mol. The van der Waals surface area contributed by atoms with Crippen molar-refractivity contribution in [2.45, 2.75) is 18.9 Å². The smallest absolute Gasteiger partial charge is 0.253 e. The van der Waals surface area contributed by atoms with Gasteiger partial charge < -0.3 is 9.64 Å². The van der Waals surface area contributed by atoms with E-state index in [1.807, 2.05) is 35.2 Å². The highest BCUT2D eigenvalue weighted by atomic mass is 19.1. The summed E-state index contributed by atoms with van der Waals surface area (Å²) in [5.41, 5.74) is 2.42. The average Bonchev–Trinajstić information content (AvgIpc) is 2.88. The molecular weight excluding hydrogens is 434 g/mol. The maximum absolute atomic E-state index is 13.4. The predicted octanol–water partition coefficient (Wildman–Crippen LogP) is 5.31. The summed E-state index contributed by atoms with van der Waals surface area (Å²) in [5.74, 6) is -0.499. The van der Waals surface area contributed by atoms with E-state index in [4.69, 9.17) is 4.74 Å². The van der Waals surface area contributed by atoms with Gasteiger partial charge in [0, 0.05) is 38.3 Å². The lowest BCUT2D eigenvalue weighted by atomic mass is 10.0. The number of piperazine rings is 1. The fraction of sp³-hybridized carbons (Fsp3) is 0.321. The Kier molecular flexibility index (Phi) is 8.39. The lowest BCUT2D eigenvalue weighted by molar-refractivity contribution is 0.0609. The van der Waals surface area contributed by atoms with Crippen LogP contribution in [0.3, 0.4) is 0 Å². The van der Waals surface area contributed by atoms with E-state index in [2.05, 4.69) is 4.90 Å². The number of ether oxygens (including phenoxy) is 1. The van der Waals surface area contributed by atoms with E-state index >= 15 is 0 Å². The van der Waals surface area contributed by atoms with Crippen LogP contribution >= 0.6 is 0 Å². The van der Waals surface area contributed by atoms with Crippen LogP contribution in [0.4, 0.5) is 8.78 Å². The van der Waals surface area contributed by atoms with Crippen molar-refractivity contribution in [3.8, 4) is 0 Å². The summed E-state index contributed by atoms with van der Waals surface area (Å²) < 4.78 is 32.9. The highest BCUT2D eigenvalue weighted by Crippen LogP contribution is 2.27. The lowest BCUT2D eigenvalue weighted by Crippen LogP contribution is -2.48. The summed E-state index contributed by atoms with van der Waals surface area (Å²) in [7, 11) is 0. The Labute approximate surface area is 199 Å². The second-order valence-electron chi connectivity index (χ2n) is 8.56. The molecule has 0 aromatic heterocycles. The minimum Gasteiger partial charge on any atom is -0.369 e. The summed E-state index contributed by atoms with van der Waals surface area (Å²) in [4.78, 5) is 16.9. The molecule has 34 heavy (non-hydrogen) atoms. The van der Waals surface area contributed by atoms with Crippen LogP contribution in [-0.4, -0.2) is 55.0 Å². The third-order valence-electron chi connectivity index (χ3n) is 6.18. The summed E-state index contributed by atoms with van der Waals surface area (Å²) in [6, 6.07) is 21.9. The van der Waals surface area contributed by atoms with Crippen LogP contribution < -0.4 is 0 Å². The number of amides is 1. The van der Waals surface area contributed by atoms with Gasteiger partial charge in [0.15, 0.2) is 0 Å². The molecule has 1 amide bonds. The molecule has 1 aliphatic heterocycles. The fourth-order valence-electron chi connectivity index (χ4n) is 4.24. The van der Waals surface area contributed by atoms with Gasteiger partial charge in [-0.3, -0.25) is 9.69 Å². The van der Waals surface area contributed by atoms with Gasteiger partial charge in [-0.05, 0) is 66.9 Å². The normalized spacial score (nSPS) is 14.5. The highest BCUT2D eigenvalue weighted by Gasteiger charge is 2.21. The van der Waals surface area contributed by atoms with Gasteiger partial charge in [0.1, 0.15) is 17.7 Å². The molecule has 0 atom stereocenters. The van der Waals surface area contributed by atoms with Crippen molar-refractivity contribution in [3.05, 3.63) is 107 Å². The van der Waals surface area contributed by atoms with E-state index in [-0.39, 0.29) is 23.6 Å². The van der Waals surface area contributed by atoms with Crippen molar-refractivity contribution in [2.75, 3.05) is 39.3 Å². The second-order valence-corrected chi connectivity index (χ2v) is 8.56. The van der Waals surface area contributed by atoms with Crippen LogP contribution in [0.5, 0.6) is 0 Å². The van der Waals surface area contributed by atoms with Crippen LogP contribution in [0.25, 0.3) is 0 Å². The van der Waals surface area contributed by atoms with Crippen LogP contribution in [0.15, 0.2) is 78.9 Å². The van der Waals surface area contributed by atoms with Crippen LogP contribution in [0.1, 0.15) is 40.4 Å². The Balaban J connectivity index is 1.22. The Morgan fingerprint density at radius 1 is 0.765 bits per heavy atom. The third kappa shape index (κ3) is 6.49. The summed E-state index contributed by atoms with van der Waals surface area (Å²) in [6.07, 6.45) is 1.49. The van der Waals surface area contributed by atoms with Crippen molar-refractivity contribution in [1.29, 1.82) is 0 Å². The molecule has 4 rings (SSSR count). The molecule has 3 aromatic rings. The highest BCUT2D eigenvalue weighted by molar-refractivity contribution is 5.94. The second kappa shape index (κ2) is 11.9. The zero-order valence-electron chi connectivity index (χ0n) is 19.2. The first-order valence-corrected chi connectivity index (χ1v) is 11.8. The number of benzene rings is 3. The number of hydrogen-bond donors (Lipinski definition) is 0. The number of hydrogen-bond acceptors (Lipinski definition) is 3. The standard InChI is InChI=1S/C28H30F2N2O2/c29-25-12-8-22(9-13-25)27(23-10-14-26(30)15-11-23)34-21-5-4-16-31-17-19-32(20-18-31)28(33)24-6-2-1-3-7-24/h1-3,6-15,27H,4-5,16-21H2. The molecule has 3 aromatic carbocycles. The Morgan fingerprint density at radius 2 is 1.32 bits per heavy atom. The zero-order valence-corrected chi connectivity index (χ0v) is 19.2. The predicted molar refractivity (Wildman–Crippen MR) is 129 cm³/mol. The van der Waals surface area contributed by atoms with E-state index in [9.17, 15) is 13.6 Å². The molecule has 0 N–H and O–H groups in total. The summed E-state index contributed by atoms with van der Waals surface area (Å²) >= 11 is 0. The van der Waals surface area contributed by atoms with E-state index in [0.717, 1.165) is 62.3 Å². The third-order valence-corrected chi connectivity index (χ3v) is 6.18. The Hall–Kier alpha value is -3.09. The number of halogens is 2. The number of carbonyl (C=O) groups is 1. The monoisotopic (exact) mass is 464 g/mol. The van der Waals surface area contributed by atoms with Gasteiger partial charge in [-0.15, -0.1) is 0 Å². The van der Waals surface area contributed by atoms with Gasteiger partial charge >= 0.3 is 0 Å².